The van der Waals surface area contributed by atoms with Gasteiger partial charge < -0.3 is 14.7 Å². The highest BCUT2D eigenvalue weighted by molar-refractivity contribution is 5.80. The maximum Gasteiger partial charge on any atom is 0.407 e. The van der Waals surface area contributed by atoms with Crippen LogP contribution in [0.5, 0.6) is 5.75 Å². The van der Waals surface area contributed by atoms with Crippen molar-refractivity contribution >= 4 is 17.0 Å². The van der Waals surface area contributed by atoms with Crippen LogP contribution in [0.3, 0.4) is 0 Å². The summed E-state index contributed by atoms with van der Waals surface area (Å²) in [6.07, 6.45) is 5.93. The van der Waals surface area contributed by atoms with E-state index in [1.165, 1.54) is 11.9 Å². The molecule has 6 heteroatoms. The summed E-state index contributed by atoms with van der Waals surface area (Å²) < 4.78 is 7.12. The molecule has 1 N–H and O–H groups in total. The number of benzene rings is 1. The van der Waals surface area contributed by atoms with E-state index in [2.05, 4.69) is 11.0 Å². The number of carboxylic acid groups (broad SMARTS) is 1. The third-order valence-electron chi connectivity index (χ3n) is 2.91. The molecule has 0 aliphatic heterocycles. The number of rotatable bonds is 5. The first-order valence-electron chi connectivity index (χ1n) is 6.07. The largest absolute Gasteiger partial charge is 0.481 e. The Morgan fingerprint density at radius 3 is 3.10 bits per heavy atom. The average Bonchev–Trinajstić information content (AvgIpc) is 2.84. The van der Waals surface area contributed by atoms with E-state index < -0.39 is 6.09 Å². The second kappa shape index (κ2) is 5.97. The van der Waals surface area contributed by atoms with Crippen molar-refractivity contribution in [2.75, 3.05) is 20.2 Å². The maximum absolute atomic E-state index is 10.8. The van der Waals surface area contributed by atoms with Crippen LogP contribution in [0.1, 0.15) is 0 Å². The first kappa shape index (κ1) is 13.7. The molecular weight excluding hydrogens is 258 g/mol. The van der Waals surface area contributed by atoms with E-state index in [-0.39, 0.29) is 6.61 Å². The quantitative estimate of drug-likeness (QED) is 0.841. The Labute approximate surface area is 116 Å². The highest BCUT2D eigenvalue weighted by Gasteiger charge is 2.08. The van der Waals surface area contributed by atoms with Crippen LogP contribution in [-0.2, 0) is 6.54 Å². The van der Waals surface area contributed by atoms with Gasteiger partial charge in [-0.1, -0.05) is 5.92 Å². The summed E-state index contributed by atoms with van der Waals surface area (Å²) >= 11 is 0. The Hall–Kier alpha value is -2.68. The molecule has 1 aromatic carbocycles. The van der Waals surface area contributed by atoms with Gasteiger partial charge in [0.1, 0.15) is 12.4 Å². The van der Waals surface area contributed by atoms with E-state index in [0.717, 1.165) is 10.9 Å². The topological polar surface area (TPSA) is 67.6 Å². The molecule has 0 aliphatic rings. The maximum atomic E-state index is 10.8. The molecule has 0 saturated carbocycles. The minimum Gasteiger partial charge on any atom is -0.481 e. The summed E-state index contributed by atoms with van der Waals surface area (Å²) in [5, 5.41) is 14.0. The summed E-state index contributed by atoms with van der Waals surface area (Å²) in [5.41, 5.74) is 0.887. The fourth-order valence-corrected chi connectivity index (χ4v) is 1.78. The van der Waals surface area contributed by atoms with Crippen molar-refractivity contribution in [3.05, 3.63) is 24.4 Å². The smallest absolute Gasteiger partial charge is 0.407 e. The van der Waals surface area contributed by atoms with Crippen molar-refractivity contribution in [1.82, 2.24) is 14.7 Å². The lowest BCUT2D eigenvalue weighted by Gasteiger charge is -2.13. The number of likely N-dealkylation sites (N-methyl/N-ethyl adjacent to an activating group) is 1. The number of ether oxygens (including phenoxy) is 1. The van der Waals surface area contributed by atoms with Gasteiger partial charge in [-0.25, -0.2) is 4.79 Å². The van der Waals surface area contributed by atoms with Crippen molar-refractivity contribution in [2.24, 2.45) is 0 Å². The lowest BCUT2D eigenvalue weighted by Crippen LogP contribution is -2.28. The van der Waals surface area contributed by atoms with Crippen LogP contribution < -0.4 is 4.74 Å². The average molecular weight is 273 g/mol. The zero-order valence-corrected chi connectivity index (χ0v) is 11.1. The molecule has 0 saturated heterocycles. The lowest BCUT2D eigenvalue weighted by molar-refractivity contribution is 0.154. The summed E-state index contributed by atoms with van der Waals surface area (Å²) in [7, 11) is 1.52. The minimum absolute atomic E-state index is 0.210. The van der Waals surface area contributed by atoms with Crippen molar-refractivity contribution in [1.29, 1.82) is 0 Å². The van der Waals surface area contributed by atoms with Gasteiger partial charge >= 0.3 is 6.09 Å². The molecule has 2 rings (SSSR count). The number of terminal acetylenes is 1. The summed E-state index contributed by atoms with van der Waals surface area (Å²) in [6, 6.07) is 5.57. The Kier molecular flexibility index (Phi) is 4.11. The third-order valence-corrected chi connectivity index (χ3v) is 2.91. The number of hydrogen-bond acceptors (Lipinski definition) is 3. The van der Waals surface area contributed by atoms with Crippen LogP contribution in [-0.4, -0.2) is 46.1 Å². The van der Waals surface area contributed by atoms with Gasteiger partial charge in [0.25, 0.3) is 0 Å². The molecule has 1 aromatic heterocycles. The van der Waals surface area contributed by atoms with Crippen molar-refractivity contribution in [3.63, 3.8) is 0 Å². The van der Waals surface area contributed by atoms with Gasteiger partial charge in [-0.2, -0.15) is 5.10 Å². The first-order valence-corrected chi connectivity index (χ1v) is 6.07. The highest BCUT2D eigenvalue weighted by Crippen LogP contribution is 2.20. The van der Waals surface area contributed by atoms with Gasteiger partial charge in [-0.05, 0) is 12.1 Å². The van der Waals surface area contributed by atoms with E-state index in [9.17, 15) is 4.79 Å². The summed E-state index contributed by atoms with van der Waals surface area (Å²) in [4.78, 5) is 12.0. The number of carbonyl (C=O) groups is 1. The normalized spacial score (nSPS) is 10.2. The predicted octanol–water partition coefficient (Wildman–Crippen LogP) is 1.66. The van der Waals surface area contributed by atoms with Crippen LogP contribution in [0.4, 0.5) is 4.79 Å². The fraction of sp³-hybridized carbons (Fsp3) is 0.286. The fourth-order valence-electron chi connectivity index (χ4n) is 1.78. The molecule has 0 atom stereocenters. The zero-order chi connectivity index (χ0) is 14.5. The molecule has 0 radical (unpaired) electrons. The van der Waals surface area contributed by atoms with Crippen LogP contribution in [0.25, 0.3) is 10.9 Å². The molecule has 0 bridgehead atoms. The molecule has 2 aromatic rings. The Bertz CT molecular complexity index is 657. The predicted molar refractivity (Wildman–Crippen MR) is 74.7 cm³/mol. The molecule has 20 heavy (non-hydrogen) atoms. The summed E-state index contributed by atoms with van der Waals surface area (Å²) in [6.45, 7) is 1.05. The Morgan fingerprint density at radius 1 is 1.60 bits per heavy atom. The van der Waals surface area contributed by atoms with Crippen LogP contribution in [0, 0.1) is 12.3 Å². The van der Waals surface area contributed by atoms with Crippen molar-refractivity contribution in [2.45, 2.75) is 6.54 Å². The molecular formula is C14H15N3O3. The van der Waals surface area contributed by atoms with E-state index in [0.29, 0.717) is 18.8 Å². The van der Waals surface area contributed by atoms with Crippen LogP contribution in [0.15, 0.2) is 24.4 Å². The van der Waals surface area contributed by atoms with E-state index >= 15 is 0 Å². The molecule has 0 fully saturated rings. The minimum atomic E-state index is -0.959. The number of amides is 1. The van der Waals surface area contributed by atoms with E-state index in [1.54, 1.807) is 10.9 Å². The zero-order valence-electron chi connectivity index (χ0n) is 11.1. The summed E-state index contributed by atoms with van der Waals surface area (Å²) in [5.74, 6) is 3.08. The second-order valence-electron chi connectivity index (χ2n) is 4.29. The SMILES string of the molecule is C#CCOc1ccc2cnn(CCN(C)C(=O)O)c2c1. The standard InChI is InChI=1S/C14H15N3O3/c1-3-8-20-12-5-4-11-10-15-17(13(11)9-12)7-6-16(2)14(18)19/h1,4-5,9-10H,6-8H2,2H3,(H,18,19). The van der Waals surface area contributed by atoms with E-state index in [4.69, 9.17) is 16.3 Å². The van der Waals surface area contributed by atoms with Crippen molar-refractivity contribution < 1.29 is 14.6 Å². The highest BCUT2D eigenvalue weighted by atomic mass is 16.5. The monoisotopic (exact) mass is 273 g/mol. The molecule has 1 amide bonds. The van der Waals surface area contributed by atoms with Crippen LogP contribution in [0.2, 0.25) is 0 Å². The molecule has 0 aliphatic carbocycles. The molecule has 104 valence electrons. The Balaban J connectivity index is 2.17. The van der Waals surface area contributed by atoms with Crippen LogP contribution >= 0.6 is 0 Å². The number of hydrogen-bond donors (Lipinski definition) is 1. The van der Waals surface area contributed by atoms with Gasteiger partial charge in [-0.3, -0.25) is 4.68 Å². The van der Waals surface area contributed by atoms with Gasteiger partial charge in [-0.15, -0.1) is 6.42 Å². The molecule has 0 unspecified atom stereocenters. The van der Waals surface area contributed by atoms with E-state index in [1.807, 2.05) is 18.2 Å². The lowest BCUT2D eigenvalue weighted by atomic mass is 10.2. The number of fused-ring (bicyclic) bond motifs is 1. The van der Waals surface area contributed by atoms with Gasteiger partial charge in [0, 0.05) is 25.0 Å². The number of nitrogens with zero attached hydrogens (tertiary/aromatic N) is 3. The van der Waals surface area contributed by atoms with Gasteiger partial charge in [0.15, 0.2) is 0 Å². The molecule has 0 spiro atoms. The third kappa shape index (κ3) is 3.01. The first-order chi connectivity index (χ1) is 9.61. The Morgan fingerprint density at radius 2 is 2.40 bits per heavy atom. The van der Waals surface area contributed by atoms with Gasteiger partial charge in [0.2, 0.25) is 0 Å². The number of aromatic nitrogens is 2. The van der Waals surface area contributed by atoms with Crippen molar-refractivity contribution in [3.8, 4) is 18.1 Å². The van der Waals surface area contributed by atoms with Gasteiger partial charge in [0.05, 0.1) is 18.3 Å². The molecule has 6 nitrogen and oxygen atoms in total. The second-order valence-corrected chi connectivity index (χ2v) is 4.29. The molecule has 1 heterocycles.